The van der Waals surface area contributed by atoms with E-state index in [0.717, 1.165) is 0 Å². The number of aromatic nitrogens is 2. The highest BCUT2D eigenvalue weighted by atomic mass is 32.2. The number of amides is 3. The van der Waals surface area contributed by atoms with Crippen molar-refractivity contribution in [3.05, 3.63) is 18.2 Å². The van der Waals surface area contributed by atoms with Crippen molar-refractivity contribution in [3.8, 4) is 0 Å². The molecule has 35 heavy (non-hydrogen) atoms. The van der Waals surface area contributed by atoms with E-state index in [2.05, 4.69) is 25.9 Å². The van der Waals surface area contributed by atoms with Gasteiger partial charge in [-0.2, -0.15) is 11.8 Å². The molecule has 13 heteroatoms. The first kappa shape index (κ1) is 30.4. The number of carbonyl (C=O) groups excluding carboxylic acids is 3. The van der Waals surface area contributed by atoms with E-state index in [1.54, 1.807) is 25.6 Å². The molecule has 0 spiro atoms. The van der Waals surface area contributed by atoms with Crippen molar-refractivity contribution in [1.29, 1.82) is 0 Å². The lowest BCUT2D eigenvalue weighted by atomic mass is 10.0. The van der Waals surface area contributed by atoms with Crippen molar-refractivity contribution in [2.75, 3.05) is 18.6 Å². The Bertz CT molecular complexity index is 806. The van der Waals surface area contributed by atoms with Crippen molar-refractivity contribution < 1.29 is 24.3 Å². The fraction of sp³-hybridized carbons (Fsp3) is 0.682. The molecule has 4 unspecified atom stereocenters. The van der Waals surface area contributed by atoms with Crippen LogP contribution in [-0.2, 0) is 25.6 Å². The molecule has 0 fully saturated rings. The molecule has 0 aliphatic carbocycles. The van der Waals surface area contributed by atoms with Gasteiger partial charge in [-0.1, -0.05) is 13.8 Å². The Morgan fingerprint density at radius 3 is 2.26 bits per heavy atom. The number of thioether (sulfide) groups is 1. The molecule has 1 rings (SSSR count). The molecule has 1 aromatic rings. The maximum atomic E-state index is 13.2. The van der Waals surface area contributed by atoms with E-state index >= 15 is 0 Å². The Balaban J connectivity index is 3.03. The Morgan fingerprint density at radius 1 is 1.06 bits per heavy atom. The second-order valence-corrected chi connectivity index (χ2v) is 9.63. The van der Waals surface area contributed by atoms with Crippen molar-refractivity contribution in [1.82, 2.24) is 25.9 Å². The van der Waals surface area contributed by atoms with Crippen molar-refractivity contribution in [2.24, 2.45) is 17.4 Å². The highest BCUT2D eigenvalue weighted by molar-refractivity contribution is 7.98. The van der Waals surface area contributed by atoms with Gasteiger partial charge in [0.15, 0.2) is 0 Å². The van der Waals surface area contributed by atoms with Gasteiger partial charge < -0.3 is 37.5 Å². The first-order valence-electron chi connectivity index (χ1n) is 11.7. The topological polar surface area (TPSA) is 205 Å². The lowest BCUT2D eigenvalue weighted by molar-refractivity contribution is -0.143. The summed E-state index contributed by atoms with van der Waals surface area (Å²) in [6.45, 7) is 3.78. The molecule has 0 radical (unpaired) electrons. The van der Waals surface area contributed by atoms with E-state index in [0.29, 0.717) is 43.7 Å². The summed E-state index contributed by atoms with van der Waals surface area (Å²) < 4.78 is 0. The fourth-order valence-electron chi connectivity index (χ4n) is 3.28. The summed E-state index contributed by atoms with van der Waals surface area (Å²) in [6.07, 6.45) is 6.92. The highest BCUT2D eigenvalue weighted by Gasteiger charge is 2.31. The van der Waals surface area contributed by atoms with Crippen LogP contribution in [0.25, 0.3) is 0 Å². The zero-order chi connectivity index (χ0) is 26.4. The van der Waals surface area contributed by atoms with Crippen LogP contribution >= 0.6 is 11.8 Å². The van der Waals surface area contributed by atoms with E-state index in [4.69, 9.17) is 11.5 Å². The summed E-state index contributed by atoms with van der Waals surface area (Å²) in [4.78, 5) is 57.1. The number of hydrogen-bond donors (Lipinski definition) is 7. The van der Waals surface area contributed by atoms with Crippen molar-refractivity contribution >= 4 is 35.5 Å². The van der Waals surface area contributed by atoms with Gasteiger partial charge in [0.2, 0.25) is 17.7 Å². The molecule has 0 aliphatic heterocycles. The van der Waals surface area contributed by atoms with Crippen LogP contribution in [0.1, 0.15) is 45.2 Å². The number of aliphatic carboxylic acids is 1. The predicted octanol–water partition coefficient (Wildman–Crippen LogP) is -0.643. The number of hydrogen-bond acceptors (Lipinski definition) is 8. The number of aromatic amines is 1. The molecule has 0 saturated heterocycles. The third-order valence-corrected chi connectivity index (χ3v) is 6.04. The number of rotatable bonds is 17. The van der Waals surface area contributed by atoms with Gasteiger partial charge in [0.1, 0.15) is 18.1 Å². The van der Waals surface area contributed by atoms with Crippen LogP contribution in [0.3, 0.4) is 0 Å². The van der Waals surface area contributed by atoms with Crippen LogP contribution < -0.4 is 27.4 Å². The lowest BCUT2D eigenvalue weighted by Gasteiger charge is -2.26. The zero-order valence-electron chi connectivity index (χ0n) is 20.6. The van der Waals surface area contributed by atoms with Gasteiger partial charge in [-0.3, -0.25) is 14.4 Å². The fourth-order valence-corrected chi connectivity index (χ4v) is 3.77. The predicted molar refractivity (Wildman–Crippen MR) is 134 cm³/mol. The monoisotopic (exact) mass is 513 g/mol. The van der Waals surface area contributed by atoms with Crippen LogP contribution in [0.5, 0.6) is 0 Å². The normalized spacial score (nSPS) is 14.6. The molecule has 198 valence electrons. The summed E-state index contributed by atoms with van der Waals surface area (Å²) in [5, 5.41) is 17.3. The van der Waals surface area contributed by atoms with E-state index in [-0.39, 0.29) is 12.3 Å². The van der Waals surface area contributed by atoms with Gasteiger partial charge in [0.05, 0.1) is 12.4 Å². The Labute approximate surface area is 210 Å². The number of carbonyl (C=O) groups is 4. The van der Waals surface area contributed by atoms with Gasteiger partial charge in [0, 0.05) is 18.3 Å². The molecule has 1 aromatic heterocycles. The first-order valence-corrected chi connectivity index (χ1v) is 13.1. The third kappa shape index (κ3) is 11.1. The summed E-state index contributed by atoms with van der Waals surface area (Å²) in [5.41, 5.74) is 12.1. The highest BCUT2D eigenvalue weighted by Crippen LogP contribution is 2.08. The number of unbranched alkanes of at least 4 members (excludes halogenated alkanes) is 1. The average Bonchev–Trinajstić information content (AvgIpc) is 3.32. The number of H-pyrrole nitrogens is 1. The van der Waals surface area contributed by atoms with Crippen LogP contribution in [0.4, 0.5) is 0 Å². The third-order valence-electron chi connectivity index (χ3n) is 5.39. The molecular weight excluding hydrogens is 474 g/mol. The van der Waals surface area contributed by atoms with Gasteiger partial charge in [-0.25, -0.2) is 9.78 Å². The Morgan fingerprint density at radius 2 is 1.71 bits per heavy atom. The summed E-state index contributed by atoms with van der Waals surface area (Å²) in [5.74, 6) is -2.52. The molecule has 3 amide bonds. The van der Waals surface area contributed by atoms with Gasteiger partial charge in [-0.15, -0.1) is 0 Å². The second kappa shape index (κ2) is 16.1. The van der Waals surface area contributed by atoms with Gasteiger partial charge >= 0.3 is 5.97 Å². The average molecular weight is 514 g/mol. The minimum Gasteiger partial charge on any atom is -0.480 e. The quantitative estimate of drug-likeness (QED) is 0.132. The smallest absolute Gasteiger partial charge is 0.326 e. The van der Waals surface area contributed by atoms with Crippen LogP contribution in [0, 0.1) is 5.92 Å². The maximum absolute atomic E-state index is 13.2. The molecule has 9 N–H and O–H groups in total. The summed E-state index contributed by atoms with van der Waals surface area (Å²) >= 11 is 1.56. The SMILES string of the molecule is CSCCC(N)C(=O)NC(CCCCN)C(=O)NC(Cc1cnc[nH]1)C(=O)NC(C(=O)O)C(C)C. The second-order valence-electron chi connectivity index (χ2n) is 8.64. The van der Waals surface area contributed by atoms with Crippen LogP contribution in [0.2, 0.25) is 0 Å². The Hall–Kier alpha value is -2.64. The number of nitrogens with zero attached hydrogens (tertiary/aromatic N) is 1. The van der Waals surface area contributed by atoms with Crippen molar-refractivity contribution in [3.63, 3.8) is 0 Å². The van der Waals surface area contributed by atoms with Gasteiger partial charge in [-0.05, 0) is 50.2 Å². The van der Waals surface area contributed by atoms with E-state index in [1.807, 2.05) is 6.26 Å². The Kier molecular flexibility index (Phi) is 14.0. The maximum Gasteiger partial charge on any atom is 0.326 e. The number of carboxylic acids is 1. The summed E-state index contributed by atoms with van der Waals surface area (Å²) in [7, 11) is 0. The van der Waals surface area contributed by atoms with Crippen molar-refractivity contribution in [2.45, 2.75) is 70.1 Å². The minimum atomic E-state index is -1.17. The molecule has 4 atom stereocenters. The standard InChI is InChI=1S/C22H39N7O5S/c1-13(2)18(22(33)34)29-21(32)17(10-14-11-25-12-26-14)28-20(31)16(6-4-5-8-23)27-19(30)15(24)7-9-35-3/h11-13,15-18H,4-10,23-24H2,1-3H3,(H,25,26)(H,27,30)(H,28,31)(H,29,32)(H,33,34). The van der Waals surface area contributed by atoms with E-state index in [9.17, 15) is 24.3 Å². The van der Waals surface area contributed by atoms with Gasteiger partial charge in [0.25, 0.3) is 0 Å². The molecule has 0 saturated carbocycles. The minimum absolute atomic E-state index is 0.0543. The van der Waals surface area contributed by atoms with E-state index in [1.165, 1.54) is 12.5 Å². The molecule has 0 bridgehead atoms. The molecule has 0 aliphatic rings. The molecular formula is C22H39N7O5S. The van der Waals surface area contributed by atoms with Crippen LogP contribution in [-0.4, -0.2) is 81.5 Å². The van der Waals surface area contributed by atoms with Crippen LogP contribution in [0.15, 0.2) is 12.5 Å². The molecule has 1 heterocycles. The first-order chi connectivity index (χ1) is 16.6. The molecule has 12 nitrogen and oxygen atoms in total. The number of imidazole rings is 1. The largest absolute Gasteiger partial charge is 0.480 e. The molecule has 0 aromatic carbocycles. The number of carboxylic acid groups (broad SMARTS) is 1. The zero-order valence-corrected chi connectivity index (χ0v) is 21.4. The van der Waals surface area contributed by atoms with E-state index < -0.39 is 47.9 Å². The lowest BCUT2D eigenvalue weighted by Crippen LogP contribution is -2.58. The number of nitrogens with one attached hydrogen (secondary N) is 4. The summed E-state index contributed by atoms with van der Waals surface area (Å²) in [6, 6.07) is -3.91. The number of nitrogens with two attached hydrogens (primary N) is 2.